The predicted octanol–water partition coefficient (Wildman–Crippen LogP) is 3.81. The summed E-state index contributed by atoms with van der Waals surface area (Å²) in [6, 6.07) is 0.0289. The van der Waals surface area contributed by atoms with Crippen molar-refractivity contribution in [1.29, 1.82) is 0 Å². The molecule has 0 fully saturated rings. The molecule has 0 aliphatic heterocycles. The quantitative estimate of drug-likeness (QED) is 0.613. The average molecular weight is 328 g/mol. The third-order valence-electron chi connectivity index (χ3n) is 1.78. The summed E-state index contributed by atoms with van der Waals surface area (Å²) in [7, 11) is 0. The summed E-state index contributed by atoms with van der Waals surface area (Å²) >= 11 is 4.62. The van der Waals surface area contributed by atoms with Crippen LogP contribution in [0.3, 0.4) is 0 Å². The molecule has 1 atom stereocenters. The van der Waals surface area contributed by atoms with Crippen LogP contribution in [0.5, 0.6) is 5.75 Å². The van der Waals surface area contributed by atoms with Crippen molar-refractivity contribution in [1.82, 2.24) is 0 Å². The van der Waals surface area contributed by atoms with Crippen molar-refractivity contribution >= 4 is 18.2 Å². The second-order valence-electron chi connectivity index (χ2n) is 3.26. The Hall–Kier alpha value is -0.920. The van der Waals surface area contributed by atoms with Crippen LogP contribution in [0.1, 0.15) is 11.1 Å². The summed E-state index contributed by atoms with van der Waals surface area (Å²) in [5.41, 5.74) is -3.41. The van der Waals surface area contributed by atoms with E-state index >= 15 is 0 Å². The zero-order valence-corrected chi connectivity index (χ0v) is 10.2. The lowest BCUT2D eigenvalue weighted by Gasteiger charge is -2.19. The summed E-state index contributed by atoms with van der Waals surface area (Å²) in [5.74, 6) is -1.17. The Bertz CT molecular complexity index is 488. The van der Waals surface area contributed by atoms with E-state index in [-0.39, 0.29) is 18.2 Å². The first-order valence-electron chi connectivity index (χ1n) is 4.29. The molecule has 0 N–H and O–H groups in total. The predicted molar refractivity (Wildman–Crippen MR) is 50.5 cm³/mol. The van der Waals surface area contributed by atoms with Crippen molar-refractivity contribution in [3.8, 4) is 5.75 Å². The van der Waals surface area contributed by atoms with Crippen LogP contribution in [-0.2, 0) is 16.9 Å². The van der Waals surface area contributed by atoms with Gasteiger partial charge >= 0.3 is 12.4 Å². The summed E-state index contributed by atoms with van der Waals surface area (Å²) in [5, 5.41) is 0. The maximum Gasteiger partial charge on any atom is 0.416 e. The van der Waals surface area contributed by atoms with Gasteiger partial charge in [-0.25, -0.2) is 0 Å². The van der Waals surface area contributed by atoms with E-state index in [2.05, 4.69) is 15.8 Å². The molecule has 1 aromatic rings. The molecule has 1 rings (SSSR count). The third-order valence-corrected chi connectivity index (χ3v) is 2.41. The summed E-state index contributed by atoms with van der Waals surface area (Å²) < 4.78 is 88.6. The smallest absolute Gasteiger partial charge is 0.416 e. The lowest BCUT2D eigenvalue weighted by atomic mass is 10.1. The van der Waals surface area contributed by atoms with Gasteiger partial charge in [0.25, 0.3) is 6.95 Å². The second kappa shape index (κ2) is 4.88. The molecule has 0 heterocycles. The van der Waals surface area contributed by atoms with E-state index in [1.54, 1.807) is 0 Å². The molecule has 1 unspecified atom stereocenters. The van der Waals surface area contributed by atoms with Gasteiger partial charge < -0.3 is 9.42 Å². The molecule has 0 radical (unpaired) electrons. The summed E-state index contributed by atoms with van der Waals surface area (Å²) in [6.45, 7) is -5.04. The van der Waals surface area contributed by atoms with Gasteiger partial charge in [0.1, 0.15) is 5.75 Å². The van der Waals surface area contributed by atoms with Crippen LogP contribution >= 0.6 is 18.2 Å². The summed E-state index contributed by atoms with van der Waals surface area (Å²) in [4.78, 5) is 10.5. The highest BCUT2D eigenvalue weighted by molar-refractivity contribution is 7.79. The van der Waals surface area contributed by atoms with E-state index in [0.717, 1.165) is 0 Å². The van der Waals surface area contributed by atoms with Crippen molar-refractivity contribution in [3.63, 3.8) is 0 Å². The van der Waals surface area contributed by atoms with E-state index in [4.69, 9.17) is 0 Å². The van der Waals surface area contributed by atoms with Gasteiger partial charge in [0, 0.05) is 0 Å². The molecule has 0 saturated heterocycles. The molecule has 0 amide bonds. The second-order valence-corrected chi connectivity index (χ2v) is 5.55. The standard InChI is InChI=1S/C8H4ClF6O3P/c9-19(16,17)18-6-2-4(7(10,11)12)1-5(3-6)8(13,14)15/h1-3H,(H,16,17)/p-1. The maximum atomic E-state index is 12.4. The largest absolute Gasteiger partial charge is 0.757 e. The van der Waals surface area contributed by atoms with Crippen LogP contribution in [0.15, 0.2) is 18.2 Å². The van der Waals surface area contributed by atoms with Gasteiger partial charge in [-0.15, -0.1) is 0 Å². The van der Waals surface area contributed by atoms with Gasteiger partial charge in [-0.1, -0.05) is 0 Å². The highest BCUT2D eigenvalue weighted by Gasteiger charge is 2.37. The van der Waals surface area contributed by atoms with Crippen LogP contribution in [0.4, 0.5) is 26.3 Å². The number of rotatable bonds is 2. The van der Waals surface area contributed by atoms with Crippen LogP contribution in [0.2, 0.25) is 0 Å². The third kappa shape index (κ3) is 4.93. The molecular weight excluding hydrogens is 324 g/mol. The Morgan fingerprint density at radius 1 is 1.00 bits per heavy atom. The van der Waals surface area contributed by atoms with Crippen molar-refractivity contribution in [2.24, 2.45) is 0 Å². The fourth-order valence-corrected chi connectivity index (χ4v) is 1.70. The summed E-state index contributed by atoms with van der Waals surface area (Å²) in [6.07, 6.45) is -10.2. The Morgan fingerprint density at radius 3 is 1.63 bits per heavy atom. The minimum Gasteiger partial charge on any atom is -0.757 e. The van der Waals surface area contributed by atoms with E-state index < -0.39 is 36.2 Å². The van der Waals surface area contributed by atoms with Gasteiger partial charge in [-0.05, 0) is 29.4 Å². The molecule has 1 aromatic carbocycles. The fourth-order valence-electron chi connectivity index (χ4n) is 1.10. The molecular formula is C8H3ClF6O3P-. The van der Waals surface area contributed by atoms with Crippen LogP contribution in [-0.4, -0.2) is 0 Å². The highest BCUT2D eigenvalue weighted by Crippen LogP contribution is 2.46. The number of halogens is 7. The van der Waals surface area contributed by atoms with Crippen LogP contribution in [0, 0.1) is 0 Å². The zero-order chi connectivity index (χ0) is 15.1. The lowest BCUT2D eigenvalue weighted by molar-refractivity contribution is -0.183. The van der Waals surface area contributed by atoms with Crippen LogP contribution in [0.25, 0.3) is 0 Å². The van der Waals surface area contributed by atoms with Crippen molar-refractivity contribution in [2.45, 2.75) is 12.4 Å². The molecule has 0 aliphatic rings. The molecule has 11 heteroatoms. The molecule has 0 saturated carbocycles. The number of alkyl halides is 6. The maximum absolute atomic E-state index is 12.4. The first-order valence-corrected chi connectivity index (χ1v) is 6.73. The normalized spacial score (nSPS) is 16.0. The first-order chi connectivity index (χ1) is 8.29. The van der Waals surface area contributed by atoms with E-state index in [0.29, 0.717) is 0 Å². The Labute approximate surface area is 107 Å². The molecule has 0 aliphatic carbocycles. The van der Waals surface area contributed by atoms with Crippen molar-refractivity contribution < 1.29 is 40.3 Å². The van der Waals surface area contributed by atoms with Crippen LogP contribution < -0.4 is 9.42 Å². The first kappa shape index (κ1) is 16.1. The molecule has 0 spiro atoms. The Morgan fingerprint density at radius 2 is 1.37 bits per heavy atom. The Kier molecular flexibility index (Phi) is 4.15. The number of hydrogen-bond acceptors (Lipinski definition) is 3. The van der Waals surface area contributed by atoms with Gasteiger partial charge in [0.05, 0.1) is 11.1 Å². The van der Waals surface area contributed by atoms with E-state index in [9.17, 15) is 35.8 Å². The fraction of sp³-hybridized carbons (Fsp3) is 0.250. The minimum absolute atomic E-state index is 0.0994. The van der Waals surface area contributed by atoms with Crippen molar-refractivity contribution in [2.75, 3.05) is 0 Å². The number of benzene rings is 1. The minimum atomic E-state index is -5.10. The Balaban J connectivity index is 3.37. The number of hydrogen-bond donors (Lipinski definition) is 0. The van der Waals surface area contributed by atoms with Crippen molar-refractivity contribution in [3.05, 3.63) is 29.3 Å². The highest BCUT2D eigenvalue weighted by atomic mass is 35.7. The molecule has 108 valence electrons. The lowest BCUT2D eigenvalue weighted by Crippen LogP contribution is -2.11. The monoisotopic (exact) mass is 327 g/mol. The van der Waals surface area contributed by atoms with Gasteiger partial charge in [0.2, 0.25) is 0 Å². The van der Waals surface area contributed by atoms with E-state index in [1.165, 1.54) is 0 Å². The SMILES string of the molecule is O=P([O-])(Cl)Oc1cc(C(F)(F)F)cc(C(F)(F)F)c1. The van der Waals surface area contributed by atoms with Gasteiger partial charge in [-0.2, -0.15) is 26.3 Å². The zero-order valence-electron chi connectivity index (χ0n) is 8.55. The van der Waals surface area contributed by atoms with E-state index in [1.807, 2.05) is 0 Å². The molecule has 0 bridgehead atoms. The molecule has 0 aromatic heterocycles. The van der Waals surface area contributed by atoms with Gasteiger partial charge in [-0.3, -0.25) is 4.57 Å². The van der Waals surface area contributed by atoms with Gasteiger partial charge in [0.15, 0.2) is 0 Å². The molecule has 3 nitrogen and oxygen atoms in total. The molecule has 19 heavy (non-hydrogen) atoms. The average Bonchev–Trinajstić information content (AvgIpc) is 2.11. The topological polar surface area (TPSA) is 49.4 Å².